The van der Waals surface area contributed by atoms with Gasteiger partial charge in [0, 0.05) is 11.6 Å². The number of ether oxygens (including phenoxy) is 1. The first-order valence-corrected chi connectivity index (χ1v) is 3.90. The van der Waals surface area contributed by atoms with Crippen molar-refractivity contribution >= 4 is 0 Å². The van der Waals surface area contributed by atoms with Crippen LogP contribution in [0.3, 0.4) is 0 Å². The van der Waals surface area contributed by atoms with E-state index < -0.39 is 0 Å². The second kappa shape index (κ2) is 2.45. The van der Waals surface area contributed by atoms with Crippen molar-refractivity contribution in [3.8, 4) is 5.75 Å². The van der Waals surface area contributed by atoms with E-state index in [1.807, 2.05) is 6.92 Å². The molecule has 0 spiro atoms. The molecule has 2 N–H and O–H groups in total. The molecule has 0 radical (unpaired) electrons. The Morgan fingerprint density at radius 3 is 3.00 bits per heavy atom. The summed E-state index contributed by atoms with van der Waals surface area (Å²) in [5, 5.41) is 0. The zero-order valence-electron chi connectivity index (χ0n) is 6.75. The van der Waals surface area contributed by atoms with E-state index in [1.54, 1.807) is 6.07 Å². The fourth-order valence-electron chi connectivity index (χ4n) is 1.41. The number of rotatable bonds is 0. The molecule has 0 fully saturated rings. The van der Waals surface area contributed by atoms with E-state index in [-0.39, 0.29) is 18.0 Å². The highest BCUT2D eigenvalue weighted by Crippen LogP contribution is 2.34. The van der Waals surface area contributed by atoms with Crippen LogP contribution in [0.25, 0.3) is 0 Å². The molecule has 0 amide bonds. The number of halogens is 1. The van der Waals surface area contributed by atoms with Crippen LogP contribution >= 0.6 is 0 Å². The summed E-state index contributed by atoms with van der Waals surface area (Å²) in [6.07, 6.45) is -0.0539. The van der Waals surface area contributed by atoms with Gasteiger partial charge in [-0.1, -0.05) is 6.07 Å². The smallest absolute Gasteiger partial charge is 0.127 e. The Bertz CT molecular complexity index is 313. The lowest BCUT2D eigenvalue weighted by Gasteiger charge is -2.07. The van der Waals surface area contributed by atoms with Crippen LogP contribution in [0.4, 0.5) is 4.39 Å². The van der Waals surface area contributed by atoms with Crippen LogP contribution in [0.5, 0.6) is 5.75 Å². The van der Waals surface area contributed by atoms with Gasteiger partial charge >= 0.3 is 0 Å². The molecular formula is C9H10FNO. The third-order valence-corrected chi connectivity index (χ3v) is 2.15. The minimum absolute atomic E-state index is 0.0539. The number of nitrogens with two attached hydrogens (primary N) is 1. The van der Waals surface area contributed by atoms with Gasteiger partial charge in [-0.05, 0) is 13.0 Å². The van der Waals surface area contributed by atoms with Gasteiger partial charge in [0.15, 0.2) is 0 Å². The van der Waals surface area contributed by atoms with E-state index in [1.165, 1.54) is 12.1 Å². The van der Waals surface area contributed by atoms with Gasteiger partial charge in [0.2, 0.25) is 0 Å². The van der Waals surface area contributed by atoms with Crippen molar-refractivity contribution in [1.29, 1.82) is 0 Å². The highest BCUT2D eigenvalue weighted by Gasteiger charge is 2.27. The summed E-state index contributed by atoms with van der Waals surface area (Å²) >= 11 is 0. The van der Waals surface area contributed by atoms with Gasteiger partial charge in [0.05, 0.1) is 6.04 Å². The van der Waals surface area contributed by atoms with Crippen molar-refractivity contribution in [1.82, 2.24) is 0 Å². The van der Waals surface area contributed by atoms with Crippen LogP contribution in [0.1, 0.15) is 18.5 Å². The summed E-state index contributed by atoms with van der Waals surface area (Å²) in [6, 6.07) is 4.33. The average molecular weight is 167 g/mol. The lowest BCUT2D eigenvalue weighted by atomic mass is 10.1. The summed E-state index contributed by atoms with van der Waals surface area (Å²) in [5.41, 5.74) is 6.68. The number of hydrogen-bond acceptors (Lipinski definition) is 2. The van der Waals surface area contributed by atoms with Crippen LogP contribution in [0.15, 0.2) is 18.2 Å². The van der Waals surface area contributed by atoms with Crippen molar-refractivity contribution in [3.63, 3.8) is 0 Å². The van der Waals surface area contributed by atoms with Gasteiger partial charge in [-0.2, -0.15) is 0 Å². The van der Waals surface area contributed by atoms with Crippen LogP contribution in [0, 0.1) is 5.82 Å². The first-order valence-electron chi connectivity index (χ1n) is 3.90. The Balaban J connectivity index is 2.47. The molecule has 2 rings (SSSR count). The Morgan fingerprint density at radius 2 is 2.25 bits per heavy atom. The minimum atomic E-state index is -0.282. The van der Waals surface area contributed by atoms with Crippen molar-refractivity contribution in [2.24, 2.45) is 5.73 Å². The second-order valence-electron chi connectivity index (χ2n) is 3.03. The van der Waals surface area contributed by atoms with Crippen LogP contribution in [-0.2, 0) is 0 Å². The fraction of sp³-hybridized carbons (Fsp3) is 0.333. The molecule has 0 saturated heterocycles. The van der Waals surface area contributed by atoms with Gasteiger partial charge in [-0.15, -0.1) is 0 Å². The predicted molar refractivity (Wildman–Crippen MR) is 43.4 cm³/mol. The standard InChI is InChI=1S/C9H10FNO/c1-5-9(11)7-3-2-6(10)4-8(7)12-5/h2-5,9H,11H2,1H3/t5-,9-/m1/s1. The average Bonchev–Trinajstić information content (AvgIpc) is 2.28. The SMILES string of the molecule is C[C@H]1Oc2cc(F)ccc2[C@@H]1N. The maximum atomic E-state index is 12.7. The molecule has 0 aliphatic carbocycles. The predicted octanol–water partition coefficient (Wildman–Crippen LogP) is 1.61. The van der Waals surface area contributed by atoms with Crippen molar-refractivity contribution in [3.05, 3.63) is 29.6 Å². The zero-order valence-corrected chi connectivity index (χ0v) is 6.75. The molecule has 0 aromatic heterocycles. The van der Waals surface area contributed by atoms with E-state index in [0.29, 0.717) is 5.75 Å². The quantitative estimate of drug-likeness (QED) is 0.637. The first-order chi connectivity index (χ1) is 5.68. The van der Waals surface area contributed by atoms with Gasteiger partial charge in [-0.25, -0.2) is 4.39 Å². The molecule has 0 bridgehead atoms. The van der Waals surface area contributed by atoms with Crippen molar-refractivity contribution in [2.75, 3.05) is 0 Å². The molecule has 1 aromatic carbocycles. The van der Waals surface area contributed by atoms with E-state index in [9.17, 15) is 4.39 Å². The monoisotopic (exact) mass is 167 g/mol. The lowest BCUT2D eigenvalue weighted by Crippen LogP contribution is -2.21. The number of benzene rings is 1. The Kier molecular flexibility index (Phi) is 1.54. The highest BCUT2D eigenvalue weighted by atomic mass is 19.1. The summed E-state index contributed by atoms with van der Waals surface area (Å²) in [4.78, 5) is 0. The third kappa shape index (κ3) is 0.975. The summed E-state index contributed by atoms with van der Waals surface area (Å²) in [5.74, 6) is 0.296. The maximum absolute atomic E-state index is 12.7. The Labute approximate surface area is 70.1 Å². The molecule has 1 aliphatic heterocycles. The van der Waals surface area contributed by atoms with Gasteiger partial charge in [0.1, 0.15) is 17.7 Å². The molecular weight excluding hydrogens is 157 g/mol. The third-order valence-electron chi connectivity index (χ3n) is 2.15. The molecule has 3 heteroatoms. The molecule has 1 heterocycles. The molecule has 1 aromatic rings. The van der Waals surface area contributed by atoms with Crippen LogP contribution in [0.2, 0.25) is 0 Å². The van der Waals surface area contributed by atoms with Crippen LogP contribution in [-0.4, -0.2) is 6.10 Å². The molecule has 64 valence electrons. The largest absolute Gasteiger partial charge is 0.488 e. The topological polar surface area (TPSA) is 35.2 Å². The second-order valence-corrected chi connectivity index (χ2v) is 3.03. The lowest BCUT2D eigenvalue weighted by molar-refractivity contribution is 0.228. The van der Waals surface area contributed by atoms with E-state index in [0.717, 1.165) is 5.56 Å². The summed E-state index contributed by atoms with van der Waals surface area (Å²) in [7, 11) is 0. The molecule has 2 atom stereocenters. The molecule has 2 nitrogen and oxygen atoms in total. The maximum Gasteiger partial charge on any atom is 0.127 e. The normalized spacial score (nSPS) is 26.6. The Hall–Kier alpha value is -1.09. The van der Waals surface area contributed by atoms with E-state index >= 15 is 0 Å². The zero-order chi connectivity index (χ0) is 8.72. The highest BCUT2D eigenvalue weighted by molar-refractivity contribution is 5.40. The Morgan fingerprint density at radius 1 is 1.50 bits per heavy atom. The summed E-state index contributed by atoms with van der Waals surface area (Å²) in [6.45, 7) is 1.88. The van der Waals surface area contributed by atoms with Crippen molar-refractivity contribution < 1.29 is 9.13 Å². The van der Waals surface area contributed by atoms with Gasteiger partial charge in [0.25, 0.3) is 0 Å². The van der Waals surface area contributed by atoms with Gasteiger partial charge in [-0.3, -0.25) is 0 Å². The minimum Gasteiger partial charge on any atom is -0.488 e. The fourth-order valence-corrected chi connectivity index (χ4v) is 1.41. The van der Waals surface area contributed by atoms with E-state index in [2.05, 4.69) is 0 Å². The molecule has 1 aliphatic rings. The molecule has 0 unspecified atom stereocenters. The number of hydrogen-bond donors (Lipinski definition) is 1. The molecule has 0 saturated carbocycles. The number of fused-ring (bicyclic) bond motifs is 1. The van der Waals surface area contributed by atoms with E-state index in [4.69, 9.17) is 10.5 Å². The first kappa shape index (κ1) is 7.55. The molecule has 12 heavy (non-hydrogen) atoms. The van der Waals surface area contributed by atoms with Gasteiger partial charge < -0.3 is 10.5 Å². The van der Waals surface area contributed by atoms with Crippen LogP contribution < -0.4 is 10.5 Å². The van der Waals surface area contributed by atoms with Crippen molar-refractivity contribution in [2.45, 2.75) is 19.1 Å². The summed E-state index contributed by atoms with van der Waals surface area (Å²) < 4.78 is 18.0.